The number of amides is 1. The molecule has 0 aliphatic heterocycles. The Labute approximate surface area is 174 Å². The fourth-order valence-corrected chi connectivity index (χ4v) is 3.50. The molecule has 0 spiro atoms. The highest BCUT2D eigenvalue weighted by Gasteiger charge is 2.20. The van der Waals surface area contributed by atoms with Crippen LogP contribution >= 0.6 is 0 Å². The summed E-state index contributed by atoms with van der Waals surface area (Å²) in [5.41, 5.74) is 0.277. The predicted molar refractivity (Wildman–Crippen MR) is 111 cm³/mol. The van der Waals surface area contributed by atoms with E-state index in [1.165, 1.54) is 24.3 Å². The van der Waals surface area contributed by atoms with Gasteiger partial charge in [-0.2, -0.15) is 0 Å². The third-order valence-electron chi connectivity index (χ3n) is 3.97. The molecule has 154 valence electrons. The Morgan fingerprint density at radius 3 is 2.23 bits per heavy atom. The highest BCUT2D eigenvalue weighted by Crippen LogP contribution is 2.29. The lowest BCUT2D eigenvalue weighted by Gasteiger charge is -2.12. The van der Waals surface area contributed by atoms with Crippen molar-refractivity contribution < 1.29 is 27.5 Å². The molecule has 3 aromatic carbocycles. The van der Waals surface area contributed by atoms with E-state index in [2.05, 4.69) is 5.32 Å². The zero-order valence-electron chi connectivity index (χ0n) is 16.1. The largest absolute Gasteiger partial charge is 0.455 e. The van der Waals surface area contributed by atoms with E-state index >= 15 is 0 Å². The number of hydrogen-bond acceptors (Lipinski definition) is 6. The third-order valence-corrected chi connectivity index (χ3v) is 5.13. The zero-order valence-corrected chi connectivity index (χ0v) is 16.9. The van der Waals surface area contributed by atoms with Crippen LogP contribution in [0.15, 0.2) is 83.8 Å². The summed E-state index contributed by atoms with van der Waals surface area (Å²) in [7, 11) is -3.62. The van der Waals surface area contributed by atoms with Gasteiger partial charge in [0.05, 0.1) is 16.1 Å². The van der Waals surface area contributed by atoms with Gasteiger partial charge in [-0.1, -0.05) is 42.5 Å². The molecule has 30 heavy (non-hydrogen) atoms. The van der Waals surface area contributed by atoms with E-state index in [-0.39, 0.29) is 10.5 Å². The van der Waals surface area contributed by atoms with Crippen LogP contribution in [0, 0.1) is 0 Å². The first-order valence-electron chi connectivity index (χ1n) is 8.92. The topological polar surface area (TPSA) is 98.8 Å². The summed E-state index contributed by atoms with van der Waals surface area (Å²) in [6, 6.07) is 21.5. The first-order valence-corrected chi connectivity index (χ1v) is 10.8. The Morgan fingerprint density at radius 1 is 0.867 bits per heavy atom. The maximum atomic E-state index is 12.3. The van der Waals surface area contributed by atoms with Gasteiger partial charge in [-0.3, -0.25) is 4.79 Å². The van der Waals surface area contributed by atoms with Gasteiger partial charge in [-0.25, -0.2) is 13.2 Å². The van der Waals surface area contributed by atoms with Crippen molar-refractivity contribution in [3.05, 3.63) is 84.4 Å². The van der Waals surface area contributed by atoms with Crippen LogP contribution in [0.25, 0.3) is 0 Å². The predicted octanol–water partition coefficient (Wildman–Crippen LogP) is 3.68. The molecule has 0 atom stereocenters. The van der Waals surface area contributed by atoms with Crippen molar-refractivity contribution in [3.63, 3.8) is 0 Å². The second kappa shape index (κ2) is 9.23. The van der Waals surface area contributed by atoms with Gasteiger partial charge in [0.25, 0.3) is 5.91 Å². The zero-order chi connectivity index (χ0) is 21.6. The lowest BCUT2D eigenvalue weighted by atomic mass is 10.2. The minimum Gasteiger partial charge on any atom is -0.455 e. The molecule has 0 fully saturated rings. The molecule has 0 aliphatic carbocycles. The van der Waals surface area contributed by atoms with Crippen LogP contribution in [-0.2, 0) is 19.4 Å². The number of anilines is 1. The first-order chi connectivity index (χ1) is 14.3. The van der Waals surface area contributed by atoms with E-state index < -0.39 is 28.3 Å². The number of esters is 1. The molecule has 0 radical (unpaired) electrons. The Balaban J connectivity index is 1.66. The fraction of sp³-hybridized carbons (Fsp3) is 0.0909. The van der Waals surface area contributed by atoms with Crippen molar-refractivity contribution >= 4 is 27.4 Å². The van der Waals surface area contributed by atoms with Crippen molar-refractivity contribution in [3.8, 4) is 11.5 Å². The standard InChI is InChI=1S/C22H19NO6S/c1-30(26,27)20-14-8-5-11-17(20)22(25)28-15-21(24)23-18-12-6-7-13-19(18)29-16-9-3-2-4-10-16/h2-14H,15H2,1H3,(H,23,24). The van der Waals surface area contributed by atoms with E-state index in [1.54, 1.807) is 36.4 Å². The molecule has 0 aromatic heterocycles. The molecule has 0 unspecified atom stereocenters. The SMILES string of the molecule is CS(=O)(=O)c1ccccc1C(=O)OCC(=O)Nc1ccccc1Oc1ccccc1. The van der Waals surface area contributed by atoms with Crippen molar-refractivity contribution in [2.24, 2.45) is 0 Å². The van der Waals surface area contributed by atoms with Crippen molar-refractivity contribution in [1.29, 1.82) is 0 Å². The highest BCUT2D eigenvalue weighted by atomic mass is 32.2. The number of ether oxygens (including phenoxy) is 2. The average molecular weight is 425 g/mol. The van der Waals surface area contributed by atoms with Crippen molar-refractivity contribution in [2.45, 2.75) is 4.90 Å². The summed E-state index contributed by atoms with van der Waals surface area (Å²) in [6.45, 7) is -0.587. The first kappa shape index (κ1) is 21.1. The molecule has 0 bridgehead atoms. The number of carbonyl (C=O) groups is 2. The van der Waals surface area contributed by atoms with Crippen molar-refractivity contribution in [1.82, 2.24) is 0 Å². The van der Waals surface area contributed by atoms with Crippen LogP contribution in [0.4, 0.5) is 5.69 Å². The summed E-state index contributed by atoms with van der Waals surface area (Å²) in [6.07, 6.45) is 0.996. The fourth-order valence-electron chi connectivity index (χ4n) is 2.63. The molecule has 0 saturated heterocycles. The lowest BCUT2D eigenvalue weighted by Crippen LogP contribution is -2.22. The van der Waals surface area contributed by atoms with Crippen LogP contribution in [0.2, 0.25) is 0 Å². The summed E-state index contributed by atoms with van der Waals surface area (Å²) in [4.78, 5) is 24.4. The monoisotopic (exact) mass is 425 g/mol. The van der Waals surface area contributed by atoms with E-state index in [0.717, 1.165) is 6.26 Å². The minimum absolute atomic E-state index is 0.124. The smallest absolute Gasteiger partial charge is 0.339 e. The third kappa shape index (κ3) is 5.45. The summed E-state index contributed by atoms with van der Waals surface area (Å²) < 4.78 is 34.4. The Kier molecular flexibility index (Phi) is 6.48. The van der Waals surface area contributed by atoms with E-state index in [1.807, 2.05) is 18.2 Å². The normalized spacial score (nSPS) is 10.8. The minimum atomic E-state index is -3.62. The van der Waals surface area contributed by atoms with Gasteiger partial charge in [0, 0.05) is 6.26 Å². The van der Waals surface area contributed by atoms with Gasteiger partial charge in [-0.05, 0) is 36.4 Å². The van der Waals surface area contributed by atoms with Gasteiger partial charge in [0.1, 0.15) is 5.75 Å². The second-order valence-corrected chi connectivity index (χ2v) is 8.29. The molecule has 0 aliphatic rings. The molecule has 0 saturated carbocycles. The molecule has 3 aromatic rings. The van der Waals surface area contributed by atoms with Crippen LogP contribution < -0.4 is 10.1 Å². The molecular formula is C22H19NO6S. The molecule has 3 rings (SSSR count). The summed E-state index contributed by atoms with van der Waals surface area (Å²) >= 11 is 0. The lowest BCUT2D eigenvalue weighted by molar-refractivity contribution is -0.119. The van der Waals surface area contributed by atoms with E-state index in [9.17, 15) is 18.0 Å². The van der Waals surface area contributed by atoms with Crippen LogP contribution in [-0.4, -0.2) is 33.2 Å². The maximum Gasteiger partial charge on any atom is 0.339 e. The van der Waals surface area contributed by atoms with Crippen LogP contribution in [0.1, 0.15) is 10.4 Å². The number of nitrogens with one attached hydrogen (secondary N) is 1. The number of rotatable bonds is 7. The van der Waals surface area contributed by atoms with Crippen molar-refractivity contribution in [2.75, 3.05) is 18.2 Å². The van der Waals surface area contributed by atoms with E-state index in [0.29, 0.717) is 17.2 Å². The number of benzene rings is 3. The number of hydrogen-bond donors (Lipinski definition) is 1. The van der Waals surface area contributed by atoms with Gasteiger partial charge >= 0.3 is 5.97 Å². The second-order valence-electron chi connectivity index (χ2n) is 6.30. The van der Waals surface area contributed by atoms with Gasteiger partial charge in [0.15, 0.2) is 22.2 Å². The van der Waals surface area contributed by atoms with Gasteiger partial charge in [0.2, 0.25) is 0 Å². The van der Waals surface area contributed by atoms with E-state index in [4.69, 9.17) is 9.47 Å². The van der Waals surface area contributed by atoms with Gasteiger partial charge < -0.3 is 14.8 Å². The Hall–Kier alpha value is -3.65. The molecule has 1 N–H and O–H groups in total. The maximum absolute atomic E-state index is 12.3. The molecule has 1 amide bonds. The Bertz CT molecular complexity index is 1160. The number of sulfone groups is 1. The molecular weight excluding hydrogens is 406 g/mol. The molecule has 7 nitrogen and oxygen atoms in total. The van der Waals surface area contributed by atoms with Crippen LogP contribution in [0.3, 0.4) is 0 Å². The summed E-state index contributed by atoms with van der Waals surface area (Å²) in [5.74, 6) is -0.474. The number of para-hydroxylation sites is 3. The highest BCUT2D eigenvalue weighted by molar-refractivity contribution is 7.90. The molecule has 0 heterocycles. The molecule has 8 heteroatoms. The van der Waals surface area contributed by atoms with Crippen LogP contribution in [0.5, 0.6) is 11.5 Å². The number of carbonyl (C=O) groups excluding carboxylic acids is 2. The summed E-state index contributed by atoms with van der Waals surface area (Å²) in [5, 5.41) is 2.62. The quantitative estimate of drug-likeness (QED) is 0.580. The van der Waals surface area contributed by atoms with Gasteiger partial charge in [-0.15, -0.1) is 0 Å². The average Bonchev–Trinajstić information content (AvgIpc) is 2.73. The Morgan fingerprint density at radius 2 is 1.50 bits per heavy atom.